The Labute approximate surface area is 139 Å². The van der Waals surface area contributed by atoms with Crippen molar-refractivity contribution in [2.75, 3.05) is 19.6 Å². The van der Waals surface area contributed by atoms with Crippen LogP contribution in [0.2, 0.25) is 0 Å². The molecular weight excluding hydrogens is 290 g/mol. The molecule has 5 nitrogen and oxygen atoms in total. The molecule has 1 aliphatic heterocycles. The Bertz CT molecular complexity index is 491. The van der Waals surface area contributed by atoms with Crippen LogP contribution < -0.4 is 5.32 Å². The molecule has 1 amide bonds. The third-order valence-corrected chi connectivity index (χ3v) is 4.11. The number of ether oxygens (including phenoxy) is 1. The summed E-state index contributed by atoms with van der Waals surface area (Å²) in [7, 11) is 0. The lowest BCUT2D eigenvalue weighted by Crippen LogP contribution is -2.43. The first kappa shape index (κ1) is 17.7. The average molecular weight is 319 g/mol. The number of aromatic nitrogens is 1. The minimum Gasteiger partial charge on any atom is -0.444 e. The number of carbonyl (C=O) groups excluding carboxylic acids is 1. The van der Waals surface area contributed by atoms with Crippen LogP contribution in [0.1, 0.15) is 52.3 Å². The van der Waals surface area contributed by atoms with Crippen molar-refractivity contribution >= 4 is 6.09 Å². The fourth-order valence-electron chi connectivity index (χ4n) is 2.73. The maximum Gasteiger partial charge on any atom is 0.410 e. The molecule has 1 aromatic rings. The van der Waals surface area contributed by atoms with Gasteiger partial charge in [0, 0.05) is 25.3 Å². The second kappa shape index (κ2) is 7.77. The van der Waals surface area contributed by atoms with Crippen LogP contribution in [-0.2, 0) is 4.74 Å². The van der Waals surface area contributed by atoms with Crippen molar-refractivity contribution in [3.05, 3.63) is 30.1 Å². The van der Waals surface area contributed by atoms with Crippen molar-refractivity contribution < 1.29 is 9.53 Å². The second-order valence-electron chi connectivity index (χ2n) is 7.30. The standard InChI is InChI=1S/C18H29N3O2/c1-14(16-7-5-6-10-19-16)20-13-15-8-11-21(12-9-15)17(22)23-18(2,3)4/h5-7,10,14-15,20H,8-9,11-13H2,1-4H3/t14-/m1/s1. The minimum absolute atomic E-state index is 0.189. The van der Waals surface area contributed by atoms with Gasteiger partial charge < -0.3 is 15.0 Å². The molecule has 0 unspecified atom stereocenters. The van der Waals surface area contributed by atoms with Gasteiger partial charge >= 0.3 is 6.09 Å². The molecule has 0 saturated carbocycles. The number of hydrogen-bond donors (Lipinski definition) is 1. The fourth-order valence-corrected chi connectivity index (χ4v) is 2.73. The Morgan fingerprint density at radius 3 is 2.65 bits per heavy atom. The zero-order chi connectivity index (χ0) is 16.9. The molecule has 2 rings (SSSR count). The number of piperidine rings is 1. The van der Waals surface area contributed by atoms with Crippen LogP contribution in [0.4, 0.5) is 4.79 Å². The van der Waals surface area contributed by atoms with E-state index in [4.69, 9.17) is 4.74 Å². The zero-order valence-corrected chi connectivity index (χ0v) is 14.7. The summed E-state index contributed by atoms with van der Waals surface area (Å²) in [6.07, 6.45) is 3.67. The largest absolute Gasteiger partial charge is 0.444 e. The maximum absolute atomic E-state index is 12.1. The van der Waals surface area contributed by atoms with Gasteiger partial charge in [-0.2, -0.15) is 0 Å². The fraction of sp³-hybridized carbons (Fsp3) is 0.667. The van der Waals surface area contributed by atoms with Gasteiger partial charge in [-0.3, -0.25) is 4.98 Å². The summed E-state index contributed by atoms with van der Waals surface area (Å²) in [5.74, 6) is 0.597. The number of amides is 1. The number of likely N-dealkylation sites (tertiary alicyclic amines) is 1. The van der Waals surface area contributed by atoms with Gasteiger partial charge in [0.25, 0.3) is 0 Å². The summed E-state index contributed by atoms with van der Waals surface area (Å²) in [5, 5.41) is 3.55. The highest BCUT2D eigenvalue weighted by Gasteiger charge is 2.26. The Hall–Kier alpha value is -1.62. The molecule has 1 N–H and O–H groups in total. The van der Waals surface area contributed by atoms with E-state index < -0.39 is 5.60 Å². The molecule has 2 heterocycles. The lowest BCUT2D eigenvalue weighted by molar-refractivity contribution is 0.0183. The average Bonchev–Trinajstić information content (AvgIpc) is 2.52. The van der Waals surface area contributed by atoms with Crippen LogP contribution in [0.25, 0.3) is 0 Å². The van der Waals surface area contributed by atoms with Gasteiger partial charge in [-0.25, -0.2) is 4.79 Å². The zero-order valence-electron chi connectivity index (χ0n) is 14.7. The van der Waals surface area contributed by atoms with Crippen LogP contribution in [-0.4, -0.2) is 41.2 Å². The smallest absolute Gasteiger partial charge is 0.410 e. The molecule has 0 bridgehead atoms. The van der Waals surface area contributed by atoms with Gasteiger partial charge in [0.2, 0.25) is 0 Å². The van der Waals surface area contributed by atoms with Gasteiger partial charge in [0.05, 0.1) is 5.69 Å². The Balaban J connectivity index is 1.72. The van der Waals surface area contributed by atoms with E-state index in [2.05, 4.69) is 17.2 Å². The van der Waals surface area contributed by atoms with Crippen LogP contribution >= 0.6 is 0 Å². The summed E-state index contributed by atoms with van der Waals surface area (Å²) in [5.41, 5.74) is 0.645. The predicted octanol–water partition coefficient (Wildman–Crippen LogP) is 3.38. The first-order valence-electron chi connectivity index (χ1n) is 8.47. The van der Waals surface area contributed by atoms with Gasteiger partial charge in [0.1, 0.15) is 5.60 Å². The third-order valence-electron chi connectivity index (χ3n) is 4.11. The lowest BCUT2D eigenvalue weighted by atomic mass is 9.96. The molecule has 0 spiro atoms. The van der Waals surface area contributed by atoms with Gasteiger partial charge in [0.15, 0.2) is 0 Å². The maximum atomic E-state index is 12.1. The Morgan fingerprint density at radius 1 is 1.39 bits per heavy atom. The van der Waals surface area contributed by atoms with E-state index in [1.54, 1.807) is 0 Å². The topological polar surface area (TPSA) is 54.5 Å². The number of carbonyl (C=O) groups is 1. The monoisotopic (exact) mass is 319 g/mol. The SMILES string of the molecule is C[C@@H](NCC1CCN(C(=O)OC(C)(C)C)CC1)c1ccccn1. The highest BCUT2D eigenvalue weighted by molar-refractivity contribution is 5.68. The van der Waals surface area contributed by atoms with Crippen LogP contribution in [0.5, 0.6) is 0 Å². The van der Waals surface area contributed by atoms with E-state index in [9.17, 15) is 4.79 Å². The molecule has 128 valence electrons. The summed E-state index contributed by atoms with van der Waals surface area (Å²) in [6.45, 7) is 10.4. The van der Waals surface area contributed by atoms with Crippen molar-refractivity contribution in [2.24, 2.45) is 5.92 Å². The number of hydrogen-bond acceptors (Lipinski definition) is 4. The number of nitrogens with zero attached hydrogens (tertiary/aromatic N) is 2. The summed E-state index contributed by atoms with van der Waals surface area (Å²) in [4.78, 5) is 18.3. The van der Waals surface area contributed by atoms with Crippen molar-refractivity contribution in [1.29, 1.82) is 0 Å². The van der Waals surface area contributed by atoms with E-state index in [0.29, 0.717) is 5.92 Å². The van der Waals surface area contributed by atoms with E-state index in [1.165, 1.54) is 0 Å². The van der Waals surface area contributed by atoms with E-state index >= 15 is 0 Å². The number of nitrogens with one attached hydrogen (secondary N) is 1. The van der Waals surface area contributed by atoms with Gasteiger partial charge in [-0.1, -0.05) is 6.07 Å². The van der Waals surface area contributed by atoms with Gasteiger partial charge in [-0.05, 0) is 65.1 Å². The quantitative estimate of drug-likeness (QED) is 0.924. The molecule has 1 aliphatic rings. The Kier molecular flexibility index (Phi) is 5.99. The predicted molar refractivity (Wildman–Crippen MR) is 91.2 cm³/mol. The van der Waals surface area contributed by atoms with Crippen LogP contribution in [0, 0.1) is 5.92 Å². The van der Waals surface area contributed by atoms with Crippen molar-refractivity contribution in [3.8, 4) is 0 Å². The van der Waals surface area contributed by atoms with Crippen LogP contribution in [0.15, 0.2) is 24.4 Å². The van der Waals surface area contributed by atoms with Crippen molar-refractivity contribution in [1.82, 2.24) is 15.2 Å². The molecule has 0 radical (unpaired) electrons. The minimum atomic E-state index is -0.423. The highest BCUT2D eigenvalue weighted by Crippen LogP contribution is 2.20. The van der Waals surface area contributed by atoms with E-state index in [-0.39, 0.29) is 12.1 Å². The lowest BCUT2D eigenvalue weighted by Gasteiger charge is -2.33. The third kappa shape index (κ3) is 5.82. The number of rotatable bonds is 4. The first-order chi connectivity index (χ1) is 10.8. The second-order valence-corrected chi connectivity index (χ2v) is 7.30. The summed E-state index contributed by atoms with van der Waals surface area (Å²) < 4.78 is 5.43. The Morgan fingerprint density at radius 2 is 2.09 bits per heavy atom. The number of pyridine rings is 1. The van der Waals surface area contributed by atoms with E-state index in [0.717, 1.165) is 38.2 Å². The highest BCUT2D eigenvalue weighted by atomic mass is 16.6. The van der Waals surface area contributed by atoms with Gasteiger partial charge in [-0.15, -0.1) is 0 Å². The molecule has 1 saturated heterocycles. The molecule has 1 aromatic heterocycles. The molecule has 0 aromatic carbocycles. The van der Waals surface area contributed by atoms with E-state index in [1.807, 2.05) is 50.1 Å². The molecule has 1 atom stereocenters. The summed E-state index contributed by atoms with van der Waals surface area (Å²) in [6, 6.07) is 6.24. The van der Waals surface area contributed by atoms with Crippen molar-refractivity contribution in [3.63, 3.8) is 0 Å². The molecule has 5 heteroatoms. The molecule has 0 aliphatic carbocycles. The first-order valence-corrected chi connectivity index (χ1v) is 8.47. The van der Waals surface area contributed by atoms with Crippen LogP contribution in [0.3, 0.4) is 0 Å². The molecule has 1 fully saturated rings. The van der Waals surface area contributed by atoms with Crippen molar-refractivity contribution in [2.45, 2.75) is 52.2 Å². The normalized spacial score (nSPS) is 17.8. The molecule has 23 heavy (non-hydrogen) atoms. The summed E-state index contributed by atoms with van der Waals surface area (Å²) >= 11 is 0. The molecular formula is C18H29N3O2.